The first-order valence-corrected chi connectivity index (χ1v) is 9.29. The Morgan fingerprint density at radius 2 is 1.80 bits per heavy atom. The van der Waals surface area contributed by atoms with Gasteiger partial charge in [-0.2, -0.15) is 0 Å². The van der Waals surface area contributed by atoms with Gasteiger partial charge < -0.3 is 40.0 Å². The number of methoxy groups -OCH3 is 1. The number of hydrogen-bond acceptors (Lipinski definition) is 8. The molecular weight excluding hydrogens is 394 g/mol. The third-order valence-corrected chi connectivity index (χ3v) is 4.21. The molecule has 2 aromatic carbocycles. The van der Waals surface area contributed by atoms with E-state index in [0.29, 0.717) is 16.9 Å². The highest BCUT2D eigenvalue weighted by molar-refractivity contribution is 5.77. The summed E-state index contributed by atoms with van der Waals surface area (Å²) in [5.74, 6) is 0.243. The van der Waals surface area contributed by atoms with E-state index >= 15 is 0 Å². The normalized spacial score (nSPS) is 14.1. The van der Waals surface area contributed by atoms with Crippen molar-refractivity contribution in [1.82, 2.24) is 5.32 Å². The van der Waals surface area contributed by atoms with Gasteiger partial charge in [-0.1, -0.05) is 18.2 Å². The number of carbonyl (C=O) groups is 1. The van der Waals surface area contributed by atoms with Crippen molar-refractivity contribution >= 4 is 5.91 Å². The molecule has 9 nitrogen and oxygen atoms in total. The standard InChI is InChI=1S/C21H27NO8/c1-12(11-23)29-21(19(20(26)27)22-13(2)24)30-18-7-5-4-6-15(18)16-10-14(25)8-9-17(16)28-3/h4-10,12,19-21,23,25-27H,11H2,1-3H3,(H,22,24). The molecule has 1 amide bonds. The highest BCUT2D eigenvalue weighted by atomic mass is 16.7. The number of amides is 1. The van der Waals surface area contributed by atoms with Gasteiger partial charge in [0.15, 0.2) is 6.29 Å². The molecule has 2 rings (SSSR count). The first kappa shape index (κ1) is 23.4. The van der Waals surface area contributed by atoms with Crippen LogP contribution in [0.15, 0.2) is 42.5 Å². The van der Waals surface area contributed by atoms with Crippen LogP contribution in [-0.2, 0) is 9.53 Å². The Labute approximate surface area is 174 Å². The molecule has 3 unspecified atom stereocenters. The molecule has 0 radical (unpaired) electrons. The molecule has 30 heavy (non-hydrogen) atoms. The second-order valence-electron chi connectivity index (χ2n) is 6.64. The number of aliphatic hydroxyl groups excluding tert-OH is 2. The van der Waals surface area contributed by atoms with E-state index in [-0.39, 0.29) is 18.1 Å². The highest BCUT2D eigenvalue weighted by Gasteiger charge is 2.33. The van der Waals surface area contributed by atoms with E-state index in [4.69, 9.17) is 14.2 Å². The quantitative estimate of drug-likeness (QED) is 0.358. The zero-order chi connectivity index (χ0) is 22.3. The Morgan fingerprint density at radius 1 is 1.10 bits per heavy atom. The lowest BCUT2D eigenvalue weighted by atomic mass is 10.0. The van der Waals surface area contributed by atoms with E-state index in [0.717, 1.165) is 0 Å². The largest absolute Gasteiger partial charge is 0.508 e. The van der Waals surface area contributed by atoms with Crippen LogP contribution in [0.2, 0.25) is 0 Å². The van der Waals surface area contributed by atoms with Crippen LogP contribution in [0.25, 0.3) is 11.1 Å². The number of phenols is 1. The zero-order valence-corrected chi connectivity index (χ0v) is 17.0. The van der Waals surface area contributed by atoms with Crippen molar-refractivity contribution in [2.24, 2.45) is 0 Å². The highest BCUT2D eigenvalue weighted by Crippen LogP contribution is 2.39. The minimum Gasteiger partial charge on any atom is -0.508 e. The van der Waals surface area contributed by atoms with E-state index in [1.54, 1.807) is 37.3 Å². The van der Waals surface area contributed by atoms with Crippen LogP contribution < -0.4 is 14.8 Å². The molecule has 0 aliphatic carbocycles. The Bertz CT molecular complexity index is 842. The third kappa shape index (κ3) is 6.07. The Morgan fingerprint density at radius 3 is 2.40 bits per heavy atom. The minimum absolute atomic E-state index is 0.0178. The fourth-order valence-electron chi connectivity index (χ4n) is 2.80. The third-order valence-electron chi connectivity index (χ3n) is 4.21. The average molecular weight is 421 g/mol. The van der Waals surface area contributed by atoms with Crippen LogP contribution in [0.4, 0.5) is 0 Å². The Hall–Kier alpha value is -2.85. The fourth-order valence-corrected chi connectivity index (χ4v) is 2.80. The lowest BCUT2D eigenvalue weighted by Gasteiger charge is -2.31. The molecule has 0 aliphatic heterocycles. The summed E-state index contributed by atoms with van der Waals surface area (Å²) in [6, 6.07) is 10.0. The van der Waals surface area contributed by atoms with E-state index in [1.807, 2.05) is 0 Å². The summed E-state index contributed by atoms with van der Waals surface area (Å²) < 4.78 is 16.9. The first-order valence-electron chi connectivity index (χ1n) is 9.29. The van der Waals surface area contributed by atoms with Crippen LogP contribution >= 0.6 is 0 Å². The van der Waals surface area contributed by atoms with Crippen molar-refractivity contribution in [3.05, 3.63) is 42.5 Å². The summed E-state index contributed by atoms with van der Waals surface area (Å²) in [5, 5.41) is 41.2. The molecule has 0 heterocycles. The maximum absolute atomic E-state index is 11.5. The number of rotatable bonds is 10. The smallest absolute Gasteiger partial charge is 0.225 e. The maximum atomic E-state index is 11.5. The molecule has 0 saturated carbocycles. The number of aliphatic hydroxyl groups is 3. The monoisotopic (exact) mass is 421 g/mol. The van der Waals surface area contributed by atoms with Gasteiger partial charge in [0.05, 0.1) is 19.8 Å². The topological polar surface area (TPSA) is 138 Å². The van der Waals surface area contributed by atoms with Gasteiger partial charge in [0.2, 0.25) is 12.2 Å². The number of para-hydroxylation sites is 1. The van der Waals surface area contributed by atoms with Crippen molar-refractivity contribution in [2.75, 3.05) is 13.7 Å². The van der Waals surface area contributed by atoms with Gasteiger partial charge in [0, 0.05) is 18.1 Å². The van der Waals surface area contributed by atoms with E-state index < -0.39 is 30.6 Å². The summed E-state index contributed by atoms with van der Waals surface area (Å²) >= 11 is 0. The Kier molecular flexibility index (Phi) is 8.43. The van der Waals surface area contributed by atoms with Crippen LogP contribution in [0, 0.1) is 0 Å². The predicted octanol–water partition coefficient (Wildman–Crippen LogP) is 0.985. The molecule has 0 aromatic heterocycles. The molecule has 0 aliphatic rings. The number of nitrogens with one attached hydrogen (secondary N) is 1. The van der Waals surface area contributed by atoms with Crippen molar-refractivity contribution in [3.8, 4) is 28.4 Å². The number of aromatic hydroxyl groups is 1. The predicted molar refractivity (Wildman–Crippen MR) is 108 cm³/mol. The molecule has 0 spiro atoms. The molecular formula is C21H27NO8. The zero-order valence-electron chi connectivity index (χ0n) is 17.0. The van der Waals surface area contributed by atoms with Gasteiger partial charge in [0.25, 0.3) is 0 Å². The van der Waals surface area contributed by atoms with Crippen molar-refractivity contribution in [2.45, 2.75) is 38.6 Å². The molecule has 3 atom stereocenters. The van der Waals surface area contributed by atoms with E-state index in [2.05, 4.69) is 5.32 Å². The second-order valence-corrected chi connectivity index (χ2v) is 6.64. The van der Waals surface area contributed by atoms with Crippen molar-refractivity contribution in [1.29, 1.82) is 0 Å². The molecule has 2 aromatic rings. The first-order chi connectivity index (χ1) is 14.3. The molecule has 5 N–H and O–H groups in total. The average Bonchev–Trinajstić information content (AvgIpc) is 2.71. The second kappa shape index (κ2) is 10.8. The van der Waals surface area contributed by atoms with Gasteiger partial charge in [-0.15, -0.1) is 0 Å². The summed E-state index contributed by atoms with van der Waals surface area (Å²) in [6.07, 6.45) is -4.06. The Balaban J connectivity index is 2.48. The fraction of sp³-hybridized carbons (Fsp3) is 0.381. The van der Waals surface area contributed by atoms with Crippen molar-refractivity contribution < 1.29 is 39.4 Å². The van der Waals surface area contributed by atoms with E-state index in [9.17, 15) is 25.2 Å². The van der Waals surface area contributed by atoms with Crippen LogP contribution in [0.5, 0.6) is 17.2 Å². The van der Waals surface area contributed by atoms with E-state index in [1.165, 1.54) is 26.2 Å². The van der Waals surface area contributed by atoms with Crippen LogP contribution in [-0.4, -0.2) is 64.8 Å². The van der Waals surface area contributed by atoms with Gasteiger partial charge in [-0.05, 0) is 31.2 Å². The number of phenolic OH excluding ortho intramolecular Hbond substituents is 1. The number of ether oxygens (including phenoxy) is 3. The molecule has 0 fully saturated rings. The number of hydrogen-bond donors (Lipinski definition) is 5. The summed E-state index contributed by atoms with van der Waals surface area (Å²) in [5.41, 5.74) is 1.06. The number of carbonyl (C=O) groups excluding carboxylic acids is 1. The minimum atomic E-state index is -1.99. The van der Waals surface area contributed by atoms with Crippen molar-refractivity contribution in [3.63, 3.8) is 0 Å². The van der Waals surface area contributed by atoms with Gasteiger partial charge in [-0.3, -0.25) is 4.79 Å². The lowest BCUT2D eigenvalue weighted by molar-refractivity contribution is -0.190. The SMILES string of the molecule is COc1ccc(O)cc1-c1ccccc1OC(OC(C)CO)C(NC(C)=O)C(O)O. The molecule has 9 heteroatoms. The molecule has 164 valence electrons. The summed E-state index contributed by atoms with van der Waals surface area (Å²) in [4.78, 5) is 11.5. The van der Waals surface area contributed by atoms with Gasteiger partial charge in [-0.25, -0.2) is 0 Å². The summed E-state index contributed by atoms with van der Waals surface area (Å²) in [7, 11) is 1.49. The molecule has 0 bridgehead atoms. The van der Waals surface area contributed by atoms with Gasteiger partial charge >= 0.3 is 0 Å². The van der Waals surface area contributed by atoms with Crippen LogP contribution in [0.1, 0.15) is 13.8 Å². The number of benzene rings is 2. The summed E-state index contributed by atoms with van der Waals surface area (Å²) in [6.45, 7) is 2.43. The van der Waals surface area contributed by atoms with Gasteiger partial charge in [0.1, 0.15) is 23.3 Å². The maximum Gasteiger partial charge on any atom is 0.225 e. The van der Waals surface area contributed by atoms with Crippen LogP contribution in [0.3, 0.4) is 0 Å². The molecule has 0 saturated heterocycles. The lowest BCUT2D eigenvalue weighted by Crippen LogP contribution is -2.54.